The zero-order valence-corrected chi connectivity index (χ0v) is 18.3. The second kappa shape index (κ2) is 8.32. The minimum Gasteiger partial charge on any atom is -0.353 e. The fraction of sp³-hybridized carbons (Fsp3) is 0.476. The van der Waals surface area contributed by atoms with Gasteiger partial charge in [0.1, 0.15) is 12.1 Å². The van der Waals surface area contributed by atoms with Crippen LogP contribution in [0.15, 0.2) is 30.6 Å². The highest BCUT2D eigenvalue weighted by atomic mass is 127. The van der Waals surface area contributed by atoms with E-state index in [4.69, 9.17) is 5.73 Å². The van der Waals surface area contributed by atoms with Crippen LogP contribution in [0.5, 0.6) is 0 Å². The minimum absolute atomic E-state index is 0.0412. The minimum atomic E-state index is -0.491. The molecule has 2 unspecified atom stereocenters. The summed E-state index contributed by atoms with van der Waals surface area (Å²) in [5, 5.41) is 0. The van der Waals surface area contributed by atoms with Gasteiger partial charge in [-0.25, -0.2) is 9.97 Å². The van der Waals surface area contributed by atoms with Crippen molar-refractivity contribution in [3.05, 3.63) is 51.0 Å². The van der Waals surface area contributed by atoms with Gasteiger partial charge in [-0.1, -0.05) is 19.1 Å². The van der Waals surface area contributed by atoms with E-state index < -0.39 is 6.04 Å². The number of nitrogens with two attached hydrogens (primary N) is 1. The quantitative estimate of drug-likeness (QED) is 0.665. The number of nitrogens with zero attached hydrogens (tertiary/aromatic N) is 4. The van der Waals surface area contributed by atoms with Crippen LogP contribution in [0.3, 0.4) is 0 Å². The number of anilines is 1. The van der Waals surface area contributed by atoms with Crippen LogP contribution in [-0.2, 0) is 17.6 Å². The molecule has 2 aromatic rings. The molecule has 2 heterocycles. The van der Waals surface area contributed by atoms with Gasteiger partial charge < -0.3 is 15.5 Å². The molecule has 0 bridgehead atoms. The maximum Gasteiger partial charge on any atom is 0.239 e. The van der Waals surface area contributed by atoms with Gasteiger partial charge >= 0.3 is 0 Å². The maximum atomic E-state index is 12.8. The first-order valence-corrected chi connectivity index (χ1v) is 11.0. The lowest BCUT2D eigenvalue weighted by molar-refractivity contribution is -0.132. The van der Waals surface area contributed by atoms with Crippen LogP contribution >= 0.6 is 22.6 Å². The third-order valence-electron chi connectivity index (χ3n) is 5.83. The summed E-state index contributed by atoms with van der Waals surface area (Å²) in [6.07, 6.45) is 4.44. The molecule has 0 saturated carbocycles. The fourth-order valence-electron chi connectivity index (χ4n) is 4.21. The number of benzene rings is 1. The van der Waals surface area contributed by atoms with Crippen LogP contribution in [0, 0.1) is 3.57 Å². The summed E-state index contributed by atoms with van der Waals surface area (Å²) in [7, 11) is 0. The van der Waals surface area contributed by atoms with E-state index in [1.807, 2.05) is 29.2 Å². The van der Waals surface area contributed by atoms with Gasteiger partial charge in [0.05, 0.1) is 6.04 Å². The highest BCUT2D eigenvalue weighted by Crippen LogP contribution is 2.37. The summed E-state index contributed by atoms with van der Waals surface area (Å²) in [5.41, 5.74) is 9.82. The summed E-state index contributed by atoms with van der Waals surface area (Å²) in [5.74, 6) is 1.61. The molecule has 1 aliphatic heterocycles. The van der Waals surface area contributed by atoms with Gasteiger partial charge in [-0.05, 0) is 65.5 Å². The average molecular weight is 491 g/mol. The third-order valence-corrected chi connectivity index (χ3v) is 6.55. The van der Waals surface area contributed by atoms with Crippen LogP contribution < -0.4 is 10.6 Å². The summed E-state index contributed by atoms with van der Waals surface area (Å²) in [4.78, 5) is 26.0. The van der Waals surface area contributed by atoms with Gasteiger partial charge in [0.15, 0.2) is 0 Å². The van der Waals surface area contributed by atoms with E-state index in [1.165, 1.54) is 14.8 Å². The number of carbonyl (C=O) groups excluding carboxylic acids is 1. The van der Waals surface area contributed by atoms with Crippen molar-refractivity contribution in [3.8, 4) is 0 Å². The van der Waals surface area contributed by atoms with Crippen molar-refractivity contribution in [2.75, 3.05) is 31.1 Å². The van der Waals surface area contributed by atoms with Gasteiger partial charge in [-0.3, -0.25) is 4.79 Å². The van der Waals surface area contributed by atoms with E-state index >= 15 is 0 Å². The Labute approximate surface area is 179 Å². The van der Waals surface area contributed by atoms with E-state index in [0.717, 1.165) is 37.3 Å². The predicted octanol–water partition coefficient (Wildman–Crippen LogP) is 2.35. The Bertz CT molecular complexity index is 848. The summed E-state index contributed by atoms with van der Waals surface area (Å²) >= 11 is 2.28. The number of carbonyl (C=O) groups is 1. The molecule has 2 aliphatic rings. The second-order valence-corrected chi connectivity index (χ2v) is 8.99. The van der Waals surface area contributed by atoms with Crippen molar-refractivity contribution in [3.63, 3.8) is 0 Å². The second-order valence-electron chi connectivity index (χ2n) is 7.75. The molecule has 0 radical (unpaired) electrons. The summed E-state index contributed by atoms with van der Waals surface area (Å²) < 4.78 is 1.18. The lowest BCUT2D eigenvalue weighted by atomic mass is 10.0. The van der Waals surface area contributed by atoms with E-state index in [1.54, 1.807) is 6.33 Å². The Morgan fingerprint density at radius 3 is 2.64 bits per heavy atom. The van der Waals surface area contributed by atoms with E-state index in [2.05, 4.69) is 44.4 Å². The zero-order valence-electron chi connectivity index (χ0n) is 16.1. The standard InChI is InChI=1S/C21H26IN5O/c1-14-2-7-18-19(14)20(25-13-24-18)26-8-10-27(11-9-26)21(28)17(23)12-15-3-5-16(22)6-4-15/h3-6,13-14,17H,2,7-12,23H2,1H3. The Balaban J connectivity index is 1.37. The number of aromatic nitrogens is 2. The monoisotopic (exact) mass is 491 g/mol. The molecule has 1 saturated heterocycles. The van der Waals surface area contributed by atoms with Crippen LogP contribution in [-0.4, -0.2) is 53.0 Å². The number of amides is 1. The Morgan fingerprint density at radius 2 is 1.93 bits per heavy atom. The van der Waals surface area contributed by atoms with Gasteiger partial charge in [-0.15, -0.1) is 0 Å². The first kappa shape index (κ1) is 19.6. The number of aryl methyl sites for hydroxylation is 1. The molecule has 148 valence electrons. The molecular weight excluding hydrogens is 465 g/mol. The van der Waals surface area contributed by atoms with Crippen molar-refractivity contribution >= 4 is 34.3 Å². The molecule has 28 heavy (non-hydrogen) atoms. The number of piperazine rings is 1. The largest absolute Gasteiger partial charge is 0.353 e. The first-order valence-electron chi connectivity index (χ1n) is 9.90. The fourth-order valence-corrected chi connectivity index (χ4v) is 4.57. The molecule has 1 amide bonds. The van der Waals surface area contributed by atoms with Crippen molar-refractivity contribution in [2.24, 2.45) is 5.73 Å². The van der Waals surface area contributed by atoms with Crippen LogP contribution in [0.1, 0.15) is 36.1 Å². The molecule has 1 aromatic carbocycles. The van der Waals surface area contributed by atoms with E-state index in [9.17, 15) is 4.79 Å². The van der Waals surface area contributed by atoms with Gasteiger partial charge in [0.2, 0.25) is 5.91 Å². The number of halogens is 1. The average Bonchev–Trinajstić information content (AvgIpc) is 3.10. The number of hydrogen-bond acceptors (Lipinski definition) is 5. The molecule has 7 heteroatoms. The van der Waals surface area contributed by atoms with Crippen molar-refractivity contribution in [2.45, 2.75) is 38.1 Å². The van der Waals surface area contributed by atoms with Crippen molar-refractivity contribution in [1.29, 1.82) is 0 Å². The number of fused-ring (bicyclic) bond motifs is 1. The third kappa shape index (κ3) is 4.00. The SMILES string of the molecule is CC1CCc2ncnc(N3CCN(C(=O)C(N)Cc4ccc(I)cc4)CC3)c21. The lowest BCUT2D eigenvalue weighted by Crippen LogP contribution is -2.54. The highest BCUT2D eigenvalue weighted by molar-refractivity contribution is 14.1. The predicted molar refractivity (Wildman–Crippen MR) is 118 cm³/mol. The lowest BCUT2D eigenvalue weighted by Gasteiger charge is -2.37. The molecule has 1 fully saturated rings. The molecule has 2 atom stereocenters. The highest BCUT2D eigenvalue weighted by Gasteiger charge is 2.30. The van der Waals surface area contributed by atoms with Gasteiger partial charge in [0, 0.05) is 41.0 Å². The normalized spacial score (nSPS) is 20.2. The zero-order chi connectivity index (χ0) is 19.7. The van der Waals surface area contributed by atoms with Gasteiger partial charge in [-0.2, -0.15) is 0 Å². The molecule has 6 nitrogen and oxygen atoms in total. The van der Waals surface area contributed by atoms with E-state index in [-0.39, 0.29) is 5.91 Å². The van der Waals surface area contributed by atoms with Crippen molar-refractivity contribution < 1.29 is 4.79 Å². The van der Waals surface area contributed by atoms with Crippen molar-refractivity contribution in [1.82, 2.24) is 14.9 Å². The van der Waals surface area contributed by atoms with E-state index in [0.29, 0.717) is 25.4 Å². The molecule has 1 aromatic heterocycles. The summed E-state index contributed by atoms with van der Waals surface area (Å²) in [6.45, 7) is 5.21. The molecule has 4 rings (SSSR count). The van der Waals surface area contributed by atoms with Crippen LogP contribution in [0.4, 0.5) is 5.82 Å². The van der Waals surface area contributed by atoms with Crippen LogP contribution in [0.25, 0.3) is 0 Å². The Kier molecular flexibility index (Phi) is 5.82. The Morgan fingerprint density at radius 1 is 1.21 bits per heavy atom. The number of hydrogen-bond donors (Lipinski definition) is 1. The number of rotatable bonds is 4. The molecular formula is C21H26IN5O. The smallest absolute Gasteiger partial charge is 0.239 e. The molecule has 2 N–H and O–H groups in total. The van der Waals surface area contributed by atoms with Crippen LogP contribution in [0.2, 0.25) is 0 Å². The molecule has 1 aliphatic carbocycles. The topological polar surface area (TPSA) is 75.4 Å². The first-order chi connectivity index (χ1) is 13.5. The van der Waals surface area contributed by atoms with Gasteiger partial charge in [0.25, 0.3) is 0 Å². The Hall–Kier alpha value is -1.74. The maximum absolute atomic E-state index is 12.8. The summed E-state index contributed by atoms with van der Waals surface area (Å²) in [6, 6.07) is 7.70. The molecule has 0 spiro atoms.